The third-order valence-electron chi connectivity index (χ3n) is 3.90. The van der Waals surface area contributed by atoms with Gasteiger partial charge in [0.25, 0.3) is 0 Å². The fourth-order valence-corrected chi connectivity index (χ4v) is 3.18. The monoisotopic (exact) mass is 501 g/mol. The molecule has 0 aromatic heterocycles. The number of hydrogen-bond acceptors (Lipinski definition) is 3. The van der Waals surface area contributed by atoms with Crippen molar-refractivity contribution in [3.8, 4) is 0 Å². The smallest absolute Gasteiger partial charge is 0.191 e. The van der Waals surface area contributed by atoms with Gasteiger partial charge in [-0.2, -0.15) is 0 Å². The number of nitrogens with one attached hydrogen (secondary N) is 2. The van der Waals surface area contributed by atoms with Gasteiger partial charge in [0.2, 0.25) is 0 Å². The molecule has 0 spiro atoms. The Bertz CT molecular complexity index is 850. The van der Waals surface area contributed by atoms with E-state index in [-0.39, 0.29) is 24.0 Å². The molecule has 2 aromatic carbocycles. The number of guanidine groups is 1. The standard InChI is InChI=1S/C20H27N3O2S.HI/c1-4-21-20(23-15-18-7-5-6-16(2)14-18)22-13-12-17-8-10-19(11-9-17)26(3,24)25;/h5-11,14H,4,12-13,15H2,1-3H3,(H2,21,22,23);1H. The number of nitrogens with zero attached hydrogens (tertiary/aromatic N) is 1. The van der Waals surface area contributed by atoms with Crippen molar-refractivity contribution < 1.29 is 8.42 Å². The molecule has 148 valence electrons. The largest absolute Gasteiger partial charge is 0.357 e. The summed E-state index contributed by atoms with van der Waals surface area (Å²) >= 11 is 0. The van der Waals surface area contributed by atoms with Crippen LogP contribution < -0.4 is 10.6 Å². The molecule has 0 fully saturated rings. The van der Waals surface area contributed by atoms with E-state index in [2.05, 4.69) is 40.7 Å². The molecule has 27 heavy (non-hydrogen) atoms. The lowest BCUT2D eigenvalue weighted by Crippen LogP contribution is -2.38. The average molecular weight is 501 g/mol. The molecular weight excluding hydrogens is 473 g/mol. The Morgan fingerprint density at radius 2 is 1.74 bits per heavy atom. The van der Waals surface area contributed by atoms with Crippen LogP contribution in [0.3, 0.4) is 0 Å². The number of aliphatic imine (C=N–C) groups is 1. The third-order valence-corrected chi connectivity index (χ3v) is 5.03. The minimum absolute atomic E-state index is 0. The first-order chi connectivity index (χ1) is 12.4. The molecule has 5 nitrogen and oxygen atoms in total. The van der Waals surface area contributed by atoms with Gasteiger partial charge in [0.1, 0.15) is 0 Å². The summed E-state index contributed by atoms with van der Waals surface area (Å²) in [6, 6.07) is 15.3. The maximum atomic E-state index is 11.5. The SMILES string of the molecule is CCNC(=NCc1cccc(C)c1)NCCc1ccc(S(C)(=O)=O)cc1.I. The quantitative estimate of drug-likeness (QED) is 0.347. The van der Waals surface area contributed by atoms with Gasteiger partial charge < -0.3 is 10.6 Å². The van der Waals surface area contributed by atoms with Crippen LogP contribution in [-0.2, 0) is 22.8 Å². The normalized spacial score (nSPS) is 11.6. The lowest BCUT2D eigenvalue weighted by Gasteiger charge is -2.11. The molecule has 0 heterocycles. The molecule has 0 saturated heterocycles. The molecule has 0 aliphatic rings. The van der Waals surface area contributed by atoms with E-state index in [9.17, 15) is 8.42 Å². The molecule has 0 amide bonds. The van der Waals surface area contributed by atoms with Crippen molar-refractivity contribution >= 4 is 39.8 Å². The molecule has 0 radical (unpaired) electrons. The highest BCUT2D eigenvalue weighted by Crippen LogP contribution is 2.10. The van der Waals surface area contributed by atoms with E-state index < -0.39 is 9.84 Å². The fraction of sp³-hybridized carbons (Fsp3) is 0.350. The molecular formula is C20H28IN3O2S. The van der Waals surface area contributed by atoms with Crippen LogP contribution in [0, 0.1) is 6.92 Å². The summed E-state index contributed by atoms with van der Waals surface area (Å²) in [6.45, 7) is 6.25. The predicted molar refractivity (Wildman–Crippen MR) is 123 cm³/mol. The van der Waals surface area contributed by atoms with Crippen molar-refractivity contribution in [3.05, 3.63) is 65.2 Å². The minimum atomic E-state index is -3.14. The van der Waals surface area contributed by atoms with Gasteiger partial charge in [0.05, 0.1) is 11.4 Å². The maximum Gasteiger partial charge on any atom is 0.191 e. The van der Waals surface area contributed by atoms with Gasteiger partial charge in [-0.3, -0.25) is 0 Å². The number of aryl methyl sites for hydroxylation is 1. The molecule has 2 aromatic rings. The van der Waals surface area contributed by atoms with E-state index in [1.165, 1.54) is 17.4 Å². The van der Waals surface area contributed by atoms with Crippen molar-refractivity contribution in [2.45, 2.75) is 31.7 Å². The second-order valence-corrected chi connectivity index (χ2v) is 8.29. The first-order valence-corrected chi connectivity index (χ1v) is 10.6. The molecule has 0 aliphatic carbocycles. The highest BCUT2D eigenvalue weighted by Gasteiger charge is 2.06. The van der Waals surface area contributed by atoms with E-state index in [0.29, 0.717) is 11.4 Å². The van der Waals surface area contributed by atoms with E-state index in [1.807, 2.05) is 25.1 Å². The van der Waals surface area contributed by atoms with Gasteiger partial charge in [-0.1, -0.05) is 42.0 Å². The van der Waals surface area contributed by atoms with Crippen LogP contribution in [-0.4, -0.2) is 33.7 Å². The van der Waals surface area contributed by atoms with Gasteiger partial charge in [-0.25, -0.2) is 13.4 Å². The van der Waals surface area contributed by atoms with Crippen LogP contribution in [0.1, 0.15) is 23.6 Å². The Morgan fingerprint density at radius 1 is 1.04 bits per heavy atom. The van der Waals surface area contributed by atoms with Gasteiger partial charge in [-0.15, -0.1) is 24.0 Å². The molecule has 7 heteroatoms. The Kier molecular flexibility index (Phi) is 9.79. The van der Waals surface area contributed by atoms with Crippen molar-refractivity contribution in [2.24, 2.45) is 4.99 Å². The van der Waals surface area contributed by atoms with Crippen molar-refractivity contribution in [1.29, 1.82) is 0 Å². The first-order valence-electron chi connectivity index (χ1n) is 8.75. The Balaban J connectivity index is 0.00000364. The summed E-state index contributed by atoms with van der Waals surface area (Å²) in [7, 11) is -3.14. The summed E-state index contributed by atoms with van der Waals surface area (Å²) < 4.78 is 23.0. The van der Waals surface area contributed by atoms with Crippen LogP contribution >= 0.6 is 24.0 Å². The lowest BCUT2D eigenvalue weighted by molar-refractivity contribution is 0.602. The van der Waals surface area contributed by atoms with E-state index in [4.69, 9.17) is 0 Å². The molecule has 0 aliphatic heterocycles. The average Bonchev–Trinajstić information content (AvgIpc) is 2.59. The zero-order valence-corrected chi connectivity index (χ0v) is 19.2. The van der Waals surface area contributed by atoms with E-state index >= 15 is 0 Å². The summed E-state index contributed by atoms with van der Waals surface area (Å²) in [6.07, 6.45) is 2.01. The van der Waals surface area contributed by atoms with Gasteiger partial charge in [0.15, 0.2) is 15.8 Å². The summed E-state index contributed by atoms with van der Waals surface area (Å²) in [5.41, 5.74) is 3.49. The molecule has 0 saturated carbocycles. The molecule has 0 bridgehead atoms. The Morgan fingerprint density at radius 3 is 2.33 bits per heavy atom. The van der Waals surface area contributed by atoms with Crippen LogP contribution in [0.5, 0.6) is 0 Å². The highest BCUT2D eigenvalue weighted by atomic mass is 127. The van der Waals surface area contributed by atoms with E-state index in [1.54, 1.807) is 12.1 Å². The van der Waals surface area contributed by atoms with Crippen LogP contribution in [0.4, 0.5) is 0 Å². The Labute approximate surface area is 179 Å². The zero-order chi connectivity index (χ0) is 19.0. The number of benzene rings is 2. The predicted octanol–water partition coefficient (Wildman–Crippen LogP) is 3.31. The first kappa shape index (κ1) is 23.4. The van der Waals surface area contributed by atoms with Crippen molar-refractivity contribution in [3.63, 3.8) is 0 Å². The van der Waals surface area contributed by atoms with Gasteiger partial charge >= 0.3 is 0 Å². The second kappa shape index (κ2) is 11.3. The van der Waals surface area contributed by atoms with E-state index in [0.717, 1.165) is 31.0 Å². The summed E-state index contributed by atoms with van der Waals surface area (Å²) in [4.78, 5) is 4.97. The topological polar surface area (TPSA) is 70.6 Å². The van der Waals surface area contributed by atoms with Crippen molar-refractivity contribution in [2.75, 3.05) is 19.3 Å². The Hall–Kier alpha value is -1.61. The summed E-state index contributed by atoms with van der Waals surface area (Å²) in [5, 5.41) is 6.56. The number of halogens is 1. The fourth-order valence-electron chi connectivity index (χ4n) is 2.55. The molecule has 0 atom stereocenters. The van der Waals surface area contributed by atoms with Gasteiger partial charge in [-0.05, 0) is 43.5 Å². The maximum absolute atomic E-state index is 11.5. The van der Waals surface area contributed by atoms with Crippen molar-refractivity contribution in [1.82, 2.24) is 10.6 Å². The summed E-state index contributed by atoms with van der Waals surface area (Å²) in [5.74, 6) is 0.779. The number of rotatable bonds is 7. The van der Waals surface area contributed by atoms with Crippen LogP contribution in [0.2, 0.25) is 0 Å². The number of hydrogen-bond donors (Lipinski definition) is 2. The highest BCUT2D eigenvalue weighted by molar-refractivity contribution is 14.0. The second-order valence-electron chi connectivity index (χ2n) is 6.28. The van der Waals surface area contributed by atoms with Crippen LogP contribution in [0.25, 0.3) is 0 Å². The molecule has 2 N–H and O–H groups in total. The third kappa shape index (κ3) is 8.30. The van der Waals surface area contributed by atoms with Crippen LogP contribution in [0.15, 0.2) is 58.4 Å². The zero-order valence-electron chi connectivity index (χ0n) is 16.0. The minimum Gasteiger partial charge on any atom is -0.357 e. The lowest BCUT2D eigenvalue weighted by atomic mass is 10.1. The molecule has 2 rings (SSSR count). The molecule has 0 unspecified atom stereocenters. The number of sulfone groups is 1. The van der Waals surface area contributed by atoms with Gasteiger partial charge in [0, 0.05) is 19.3 Å².